The van der Waals surface area contributed by atoms with Crippen molar-refractivity contribution in [1.82, 2.24) is 9.97 Å². The number of aromatic nitrogens is 2. The largest absolute Gasteiger partial charge is 0.370 e. The minimum absolute atomic E-state index is 0.596. The van der Waals surface area contributed by atoms with Crippen LogP contribution in [0.5, 0.6) is 0 Å². The van der Waals surface area contributed by atoms with Crippen LogP contribution in [0.3, 0.4) is 0 Å². The summed E-state index contributed by atoms with van der Waals surface area (Å²) in [7, 11) is 0. The van der Waals surface area contributed by atoms with Gasteiger partial charge in [-0.3, -0.25) is 0 Å². The Kier molecular flexibility index (Phi) is 4.08. The van der Waals surface area contributed by atoms with Crippen LogP contribution in [0.1, 0.15) is 69.2 Å². The first kappa shape index (κ1) is 13.7. The number of rotatable bonds is 5. The summed E-state index contributed by atoms with van der Waals surface area (Å²) in [5, 5.41) is 7.07. The third kappa shape index (κ3) is 3.05. The lowest BCUT2D eigenvalue weighted by molar-refractivity contribution is 0.461. The molecule has 0 amide bonds. The lowest BCUT2D eigenvalue weighted by Gasteiger charge is -2.25. The summed E-state index contributed by atoms with van der Waals surface area (Å²) in [6.07, 6.45) is 9.12. The number of hydrogen-bond acceptors (Lipinski definition) is 4. The van der Waals surface area contributed by atoms with Crippen molar-refractivity contribution in [3.8, 4) is 0 Å². The summed E-state index contributed by atoms with van der Waals surface area (Å²) in [6.45, 7) is 5.15. The van der Waals surface area contributed by atoms with E-state index >= 15 is 0 Å². The van der Waals surface area contributed by atoms with Gasteiger partial charge in [-0.2, -0.15) is 0 Å². The smallest absolute Gasteiger partial charge is 0.136 e. The van der Waals surface area contributed by atoms with Gasteiger partial charge in [-0.05, 0) is 39.5 Å². The van der Waals surface area contributed by atoms with Crippen LogP contribution >= 0.6 is 0 Å². The molecule has 2 fully saturated rings. The predicted molar refractivity (Wildman–Crippen MR) is 83.4 cm³/mol. The molecule has 2 N–H and O–H groups in total. The molecule has 2 aliphatic carbocycles. The molecule has 1 heterocycles. The zero-order valence-electron chi connectivity index (χ0n) is 12.7. The van der Waals surface area contributed by atoms with Gasteiger partial charge in [-0.15, -0.1) is 0 Å². The first-order valence-electron chi connectivity index (χ1n) is 8.17. The highest BCUT2D eigenvalue weighted by Gasteiger charge is 2.28. The molecule has 4 heteroatoms. The van der Waals surface area contributed by atoms with Crippen LogP contribution in [0.2, 0.25) is 0 Å². The van der Waals surface area contributed by atoms with Crippen LogP contribution in [0.25, 0.3) is 0 Å². The van der Waals surface area contributed by atoms with Crippen molar-refractivity contribution in [1.29, 1.82) is 0 Å². The van der Waals surface area contributed by atoms with Gasteiger partial charge >= 0.3 is 0 Å². The van der Waals surface area contributed by atoms with E-state index in [1.807, 2.05) is 0 Å². The Balaban J connectivity index is 1.82. The molecule has 0 bridgehead atoms. The second kappa shape index (κ2) is 5.98. The van der Waals surface area contributed by atoms with Crippen molar-refractivity contribution in [2.45, 2.75) is 70.8 Å². The number of hydrogen-bond donors (Lipinski definition) is 2. The van der Waals surface area contributed by atoms with Gasteiger partial charge in [-0.1, -0.05) is 19.3 Å². The van der Waals surface area contributed by atoms with Crippen LogP contribution < -0.4 is 10.6 Å². The van der Waals surface area contributed by atoms with Crippen molar-refractivity contribution in [2.24, 2.45) is 0 Å². The molecule has 0 spiro atoms. The minimum Gasteiger partial charge on any atom is -0.370 e. The van der Waals surface area contributed by atoms with Crippen LogP contribution in [0.4, 0.5) is 11.6 Å². The Hall–Kier alpha value is -1.32. The van der Waals surface area contributed by atoms with Gasteiger partial charge in [0.2, 0.25) is 0 Å². The van der Waals surface area contributed by atoms with E-state index in [2.05, 4.69) is 24.5 Å². The van der Waals surface area contributed by atoms with Crippen LogP contribution in [0.15, 0.2) is 0 Å². The summed E-state index contributed by atoms with van der Waals surface area (Å²) < 4.78 is 0. The van der Waals surface area contributed by atoms with E-state index in [-0.39, 0.29) is 0 Å². The molecule has 1 aromatic rings. The van der Waals surface area contributed by atoms with E-state index in [4.69, 9.17) is 9.97 Å². The van der Waals surface area contributed by atoms with Gasteiger partial charge in [0.25, 0.3) is 0 Å². The summed E-state index contributed by atoms with van der Waals surface area (Å²) in [5.41, 5.74) is 1.17. The van der Waals surface area contributed by atoms with Crippen LogP contribution in [-0.2, 0) is 0 Å². The van der Waals surface area contributed by atoms with Crippen molar-refractivity contribution < 1.29 is 0 Å². The summed E-state index contributed by atoms with van der Waals surface area (Å²) >= 11 is 0. The van der Waals surface area contributed by atoms with Gasteiger partial charge in [-0.25, -0.2) is 9.97 Å². The first-order valence-corrected chi connectivity index (χ1v) is 8.17. The van der Waals surface area contributed by atoms with Crippen molar-refractivity contribution in [3.05, 3.63) is 11.4 Å². The molecule has 0 aromatic carbocycles. The molecule has 110 valence electrons. The summed E-state index contributed by atoms with van der Waals surface area (Å²) in [5.74, 6) is 3.71. The normalized spacial score (nSPS) is 19.9. The quantitative estimate of drug-likeness (QED) is 0.856. The Morgan fingerprint density at radius 3 is 2.35 bits per heavy atom. The maximum Gasteiger partial charge on any atom is 0.136 e. The molecule has 0 unspecified atom stereocenters. The Labute approximate surface area is 121 Å². The summed E-state index contributed by atoms with van der Waals surface area (Å²) in [4.78, 5) is 9.52. The van der Waals surface area contributed by atoms with E-state index < -0.39 is 0 Å². The maximum absolute atomic E-state index is 4.81. The fourth-order valence-electron chi connectivity index (χ4n) is 2.98. The minimum atomic E-state index is 0.596. The third-order valence-corrected chi connectivity index (χ3v) is 4.40. The topological polar surface area (TPSA) is 49.8 Å². The monoisotopic (exact) mass is 274 g/mol. The molecule has 3 rings (SSSR count). The molecule has 0 radical (unpaired) electrons. The highest BCUT2D eigenvalue weighted by Crippen LogP contribution is 2.39. The summed E-state index contributed by atoms with van der Waals surface area (Å²) in [6, 6.07) is 0.596. The molecule has 4 nitrogen and oxygen atoms in total. The number of anilines is 2. The highest BCUT2D eigenvalue weighted by atomic mass is 15.1. The highest BCUT2D eigenvalue weighted by molar-refractivity contribution is 5.58. The average Bonchev–Trinajstić information content (AvgIpc) is 3.29. The third-order valence-electron chi connectivity index (χ3n) is 4.40. The molecule has 0 saturated heterocycles. The van der Waals surface area contributed by atoms with E-state index in [0.29, 0.717) is 12.0 Å². The van der Waals surface area contributed by atoms with E-state index in [0.717, 1.165) is 24.0 Å². The van der Waals surface area contributed by atoms with E-state index in [1.54, 1.807) is 0 Å². The van der Waals surface area contributed by atoms with Crippen molar-refractivity contribution >= 4 is 11.6 Å². The molecule has 2 aliphatic rings. The van der Waals surface area contributed by atoms with Gasteiger partial charge in [0.15, 0.2) is 0 Å². The number of nitrogens with one attached hydrogen (secondary N) is 2. The first-order chi connectivity index (χ1) is 9.78. The lowest BCUT2D eigenvalue weighted by Crippen LogP contribution is -2.24. The Bertz CT molecular complexity index is 462. The van der Waals surface area contributed by atoms with Crippen molar-refractivity contribution in [2.75, 3.05) is 17.2 Å². The molecule has 0 aliphatic heterocycles. The average molecular weight is 274 g/mol. The standard InChI is InChI=1S/C16H26N4/c1-3-17-14-11(2)15(18-13-7-5-4-6-8-13)20-16(19-14)12-9-10-12/h12-13H,3-10H2,1-2H3,(H2,17,18,19,20). The molecular formula is C16H26N4. The zero-order chi connectivity index (χ0) is 13.9. The second-order valence-corrected chi connectivity index (χ2v) is 6.19. The van der Waals surface area contributed by atoms with E-state index in [9.17, 15) is 0 Å². The fourth-order valence-corrected chi connectivity index (χ4v) is 2.98. The van der Waals surface area contributed by atoms with Gasteiger partial charge in [0.1, 0.15) is 17.5 Å². The molecule has 2 saturated carbocycles. The van der Waals surface area contributed by atoms with E-state index in [1.165, 1.54) is 50.5 Å². The number of nitrogens with zero attached hydrogens (tertiary/aromatic N) is 2. The van der Waals surface area contributed by atoms with Crippen LogP contribution in [-0.4, -0.2) is 22.6 Å². The van der Waals surface area contributed by atoms with Gasteiger partial charge in [0, 0.05) is 24.1 Å². The fraction of sp³-hybridized carbons (Fsp3) is 0.750. The van der Waals surface area contributed by atoms with Gasteiger partial charge < -0.3 is 10.6 Å². The second-order valence-electron chi connectivity index (χ2n) is 6.19. The lowest BCUT2D eigenvalue weighted by atomic mass is 9.95. The predicted octanol–water partition coefficient (Wildman–Crippen LogP) is 3.84. The van der Waals surface area contributed by atoms with Gasteiger partial charge in [0.05, 0.1) is 0 Å². The molecule has 20 heavy (non-hydrogen) atoms. The molecule has 0 atom stereocenters. The zero-order valence-corrected chi connectivity index (χ0v) is 12.7. The maximum atomic E-state index is 4.81. The molecular weight excluding hydrogens is 248 g/mol. The Morgan fingerprint density at radius 2 is 1.70 bits per heavy atom. The SMILES string of the molecule is CCNc1nc(C2CC2)nc(NC2CCCCC2)c1C. The van der Waals surface area contributed by atoms with Crippen molar-refractivity contribution in [3.63, 3.8) is 0 Å². The van der Waals surface area contributed by atoms with Crippen LogP contribution in [0, 0.1) is 6.92 Å². The molecule has 1 aromatic heterocycles. The Morgan fingerprint density at radius 1 is 1.00 bits per heavy atom.